The van der Waals surface area contributed by atoms with Crippen LogP contribution in [0, 0.1) is 17.0 Å². The number of non-ortho nitro benzene ring substituents is 1. The molecule has 0 spiro atoms. The number of rotatable bonds is 14. The highest BCUT2D eigenvalue weighted by molar-refractivity contribution is 7.92. The van der Waals surface area contributed by atoms with Crippen molar-refractivity contribution < 1.29 is 27.7 Å². The van der Waals surface area contributed by atoms with E-state index in [2.05, 4.69) is 5.32 Å². The van der Waals surface area contributed by atoms with Crippen LogP contribution in [-0.2, 0) is 32.6 Å². The van der Waals surface area contributed by atoms with E-state index in [1.165, 1.54) is 24.1 Å². The quantitative estimate of drug-likeness (QED) is 0.213. The highest BCUT2D eigenvalue weighted by Gasteiger charge is 2.34. The summed E-state index contributed by atoms with van der Waals surface area (Å²) in [5.74, 6) is -1.01. The average Bonchev–Trinajstić information content (AvgIpc) is 2.97. The van der Waals surface area contributed by atoms with Crippen LogP contribution < -0.4 is 14.4 Å². The maximum absolute atomic E-state index is 14.3. The summed E-state index contributed by atoms with van der Waals surface area (Å²) in [6, 6.07) is 19.0. The summed E-state index contributed by atoms with van der Waals surface area (Å²) in [5.41, 5.74) is 1.95. The highest BCUT2D eigenvalue weighted by atomic mass is 32.2. The third-order valence-corrected chi connectivity index (χ3v) is 8.32. The smallest absolute Gasteiger partial charge is 0.271 e. The Labute approximate surface area is 252 Å². The molecule has 2 amide bonds. The van der Waals surface area contributed by atoms with Crippen LogP contribution in [0.3, 0.4) is 0 Å². The lowest BCUT2D eigenvalue weighted by atomic mass is 10.0. The summed E-state index contributed by atoms with van der Waals surface area (Å²) < 4.78 is 32.3. The predicted molar refractivity (Wildman–Crippen MR) is 165 cm³/mol. The molecule has 3 aromatic carbocycles. The fraction of sp³-hybridized carbons (Fsp3) is 0.355. The molecule has 0 aromatic heterocycles. The van der Waals surface area contributed by atoms with Crippen molar-refractivity contribution in [3.8, 4) is 5.75 Å². The predicted octanol–water partition coefficient (Wildman–Crippen LogP) is 4.23. The molecule has 2 atom stereocenters. The van der Waals surface area contributed by atoms with Gasteiger partial charge in [-0.15, -0.1) is 0 Å². The SMILES string of the molecule is CC[C@H](C)NC(=O)[C@H](Cc1ccccc1)N(Cc1ccccc1C)C(=O)CN(c1cc([N+](=O)[O-])ccc1OC)S(C)(=O)=O. The molecule has 3 rings (SSSR count). The van der Waals surface area contributed by atoms with Crippen molar-refractivity contribution in [2.24, 2.45) is 0 Å². The van der Waals surface area contributed by atoms with E-state index in [0.29, 0.717) is 6.42 Å². The number of anilines is 1. The number of sulfonamides is 1. The van der Waals surface area contributed by atoms with Gasteiger partial charge >= 0.3 is 0 Å². The molecule has 43 heavy (non-hydrogen) atoms. The number of aryl methyl sites for hydroxylation is 1. The minimum Gasteiger partial charge on any atom is -0.495 e. The van der Waals surface area contributed by atoms with E-state index in [1.807, 2.05) is 75.4 Å². The van der Waals surface area contributed by atoms with E-state index < -0.39 is 33.4 Å². The van der Waals surface area contributed by atoms with Gasteiger partial charge in [0.15, 0.2) is 0 Å². The summed E-state index contributed by atoms with van der Waals surface area (Å²) in [4.78, 5) is 40.3. The topological polar surface area (TPSA) is 139 Å². The zero-order chi connectivity index (χ0) is 31.7. The van der Waals surface area contributed by atoms with E-state index >= 15 is 0 Å². The zero-order valence-electron chi connectivity index (χ0n) is 25.0. The van der Waals surface area contributed by atoms with Crippen LogP contribution >= 0.6 is 0 Å². The van der Waals surface area contributed by atoms with Crippen LogP contribution in [-0.4, -0.2) is 62.0 Å². The van der Waals surface area contributed by atoms with E-state index in [9.17, 15) is 28.1 Å². The molecule has 0 unspecified atom stereocenters. The zero-order valence-corrected chi connectivity index (χ0v) is 25.8. The molecule has 0 aliphatic rings. The van der Waals surface area contributed by atoms with Crippen molar-refractivity contribution >= 4 is 33.2 Å². The molecule has 0 saturated heterocycles. The Morgan fingerprint density at radius 1 is 1.05 bits per heavy atom. The molecule has 0 heterocycles. The number of ether oxygens (including phenoxy) is 1. The number of carbonyl (C=O) groups excluding carboxylic acids is 2. The molecule has 230 valence electrons. The minimum absolute atomic E-state index is 0.0284. The molecule has 0 saturated carbocycles. The van der Waals surface area contributed by atoms with Gasteiger partial charge in [0.2, 0.25) is 21.8 Å². The molecule has 0 radical (unpaired) electrons. The van der Waals surface area contributed by atoms with Gasteiger partial charge in [0.25, 0.3) is 5.69 Å². The van der Waals surface area contributed by atoms with Crippen LogP contribution in [0.25, 0.3) is 0 Å². The van der Waals surface area contributed by atoms with Crippen molar-refractivity contribution in [3.05, 3.63) is 99.6 Å². The largest absolute Gasteiger partial charge is 0.495 e. The molecule has 3 aromatic rings. The Kier molecular flexibility index (Phi) is 11.2. The van der Waals surface area contributed by atoms with Crippen LogP contribution in [0.2, 0.25) is 0 Å². The second-order valence-electron chi connectivity index (χ2n) is 10.4. The summed E-state index contributed by atoms with van der Waals surface area (Å²) >= 11 is 0. The Balaban J connectivity index is 2.14. The van der Waals surface area contributed by atoms with E-state index in [-0.39, 0.29) is 42.0 Å². The summed E-state index contributed by atoms with van der Waals surface area (Å²) in [6.07, 6.45) is 1.75. The van der Waals surface area contributed by atoms with Crippen LogP contribution in [0.1, 0.15) is 37.0 Å². The minimum atomic E-state index is -4.15. The second kappa shape index (κ2) is 14.6. The normalized spacial score (nSPS) is 12.6. The first-order chi connectivity index (χ1) is 20.3. The van der Waals surface area contributed by atoms with Gasteiger partial charge in [-0.1, -0.05) is 61.5 Å². The number of nitrogens with zero attached hydrogens (tertiary/aromatic N) is 3. The van der Waals surface area contributed by atoms with Gasteiger partial charge in [-0.3, -0.25) is 24.0 Å². The summed E-state index contributed by atoms with van der Waals surface area (Å²) in [5, 5.41) is 14.5. The molecule has 12 heteroatoms. The van der Waals surface area contributed by atoms with Gasteiger partial charge in [0, 0.05) is 31.1 Å². The van der Waals surface area contributed by atoms with Gasteiger partial charge in [-0.2, -0.15) is 0 Å². The Morgan fingerprint density at radius 2 is 1.70 bits per heavy atom. The van der Waals surface area contributed by atoms with Gasteiger partial charge in [0.1, 0.15) is 24.0 Å². The molecule has 0 aliphatic carbocycles. The number of hydrogen-bond donors (Lipinski definition) is 1. The fourth-order valence-corrected chi connectivity index (χ4v) is 5.39. The standard InChI is InChI=1S/C31H38N4O7S/c1-6-23(3)32-31(37)28(18-24-13-8-7-9-14-24)33(20-25-15-11-10-12-22(25)2)30(36)21-34(43(5,40)41)27-19-26(35(38)39)16-17-29(27)42-4/h7-17,19,23,28H,6,18,20-21H2,1-5H3,(H,32,37)/t23-,28-/m0/s1. The Hall–Kier alpha value is -4.45. The molecule has 0 bridgehead atoms. The first-order valence-electron chi connectivity index (χ1n) is 13.8. The lowest BCUT2D eigenvalue weighted by Gasteiger charge is -2.34. The highest BCUT2D eigenvalue weighted by Crippen LogP contribution is 2.34. The van der Waals surface area contributed by atoms with Crippen molar-refractivity contribution in [2.75, 3.05) is 24.2 Å². The second-order valence-corrected chi connectivity index (χ2v) is 12.3. The lowest BCUT2D eigenvalue weighted by Crippen LogP contribution is -2.54. The van der Waals surface area contributed by atoms with Crippen molar-refractivity contribution in [2.45, 2.75) is 52.2 Å². The molecule has 0 fully saturated rings. The average molecular weight is 611 g/mol. The van der Waals surface area contributed by atoms with Crippen LogP contribution in [0.15, 0.2) is 72.8 Å². The third-order valence-electron chi connectivity index (χ3n) is 7.20. The number of hydrogen-bond acceptors (Lipinski definition) is 7. The van der Waals surface area contributed by atoms with Crippen LogP contribution in [0.4, 0.5) is 11.4 Å². The number of nitro benzene ring substituents is 1. The van der Waals surface area contributed by atoms with Crippen molar-refractivity contribution in [1.29, 1.82) is 0 Å². The van der Waals surface area contributed by atoms with Crippen molar-refractivity contribution in [1.82, 2.24) is 10.2 Å². The maximum atomic E-state index is 14.3. The summed E-state index contributed by atoms with van der Waals surface area (Å²) in [6.45, 7) is 5.00. The summed E-state index contributed by atoms with van der Waals surface area (Å²) in [7, 11) is -2.85. The van der Waals surface area contributed by atoms with E-state index in [0.717, 1.165) is 33.3 Å². The monoisotopic (exact) mass is 610 g/mol. The lowest BCUT2D eigenvalue weighted by molar-refractivity contribution is -0.384. The van der Waals surface area contributed by atoms with Gasteiger partial charge in [-0.05, 0) is 43.0 Å². The van der Waals surface area contributed by atoms with Gasteiger partial charge in [0.05, 0.1) is 18.3 Å². The molecule has 11 nitrogen and oxygen atoms in total. The number of nitro groups is 1. The number of methoxy groups -OCH3 is 1. The van der Waals surface area contributed by atoms with Crippen molar-refractivity contribution in [3.63, 3.8) is 0 Å². The number of nitrogens with one attached hydrogen (secondary N) is 1. The van der Waals surface area contributed by atoms with Gasteiger partial charge < -0.3 is 15.0 Å². The van der Waals surface area contributed by atoms with E-state index in [4.69, 9.17) is 4.74 Å². The molecule has 1 N–H and O–H groups in total. The third kappa shape index (κ3) is 8.77. The van der Waals surface area contributed by atoms with E-state index in [1.54, 1.807) is 0 Å². The molecule has 0 aliphatic heterocycles. The number of benzene rings is 3. The Bertz CT molecular complexity index is 1550. The first-order valence-corrected chi connectivity index (χ1v) is 15.7. The fourth-order valence-electron chi connectivity index (χ4n) is 4.55. The first kappa shape index (κ1) is 33.1. The molecular formula is C31H38N4O7S. The van der Waals surface area contributed by atoms with Gasteiger partial charge in [-0.25, -0.2) is 8.42 Å². The maximum Gasteiger partial charge on any atom is 0.271 e. The van der Waals surface area contributed by atoms with Crippen LogP contribution in [0.5, 0.6) is 5.75 Å². The number of carbonyl (C=O) groups is 2. The Morgan fingerprint density at radius 3 is 2.28 bits per heavy atom. The number of amides is 2. The molecular weight excluding hydrogens is 572 g/mol.